The Morgan fingerprint density at radius 3 is 2.63 bits per heavy atom. The minimum atomic E-state index is -0.558. The van der Waals surface area contributed by atoms with E-state index in [1.807, 2.05) is 6.07 Å². The molecule has 1 aromatic carbocycles. The van der Waals surface area contributed by atoms with Gasteiger partial charge >= 0.3 is 0 Å². The number of nitrogens with zero attached hydrogens (tertiary/aromatic N) is 5. The molecule has 1 atom stereocenters. The first-order valence-electron chi connectivity index (χ1n) is 9.14. The Hall–Kier alpha value is -4.01. The Balaban J connectivity index is 1.69. The molecule has 0 aliphatic carbocycles. The highest BCUT2D eigenvalue weighted by Gasteiger charge is 2.18. The summed E-state index contributed by atoms with van der Waals surface area (Å²) in [6.07, 6.45) is 5.79. The Morgan fingerprint density at radius 1 is 1.07 bits per heavy atom. The zero-order valence-electron chi connectivity index (χ0n) is 16.4. The topological polar surface area (TPSA) is 101 Å². The average molecular weight is 406 g/mol. The number of nitrogen functional groups attached to an aromatic ring is 1. The average Bonchev–Trinajstić information content (AvgIpc) is 3.30. The minimum Gasteiger partial charge on any atom is -0.482 e. The van der Waals surface area contributed by atoms with Crippen LogP contribution >= 0.6 is 0 Å². The summed E-state index contributed by atoms with van der Waals surface area (Å²) < 4.78 is 25.4. The van der Waals surface area contributed by atoms with Crippen LogP contribution in [0.15, 0.2) is 61.2 Å². The van der Waals surface area contributed by atoms with Crippen LogP contribution in [0, 0.1) is 5.82 Å². The Labute approximate surface area is 172 Å². The van der Waals surface area contributed by atoms with Gasteiger partial charge in [0.2, 0.25) is 5.88 Å². The second-order valence-electron chi connectivity index (χ2n) is 6.45. The van der Waals surface area contributed by atoms with Crippen LogP contribution in [-0.2, 0) is 0 Å². The number of pyridine rings is 2. The third-order valence-corrected chi connectivity index (χ3v) is 4.52. The maximum Gasteiger partial charge on any atom is 0.221 e. The first-order chi connectivity index (χ1) is 14.6. The van der Waals surface area contributed by atoms with Crippen molar-refractivity contribution in [2.45, 2.75) is 13.0 Å². The molecular weight excluding hydrogens is 387 g/mol. The Kier molecular flexibility index (Phi) is 5.25. The van der Waals surface area contributed by atoms with Gasteiger partial charge in [-0.25, -0.2) is 14.4 Å². The molecule has 0 unspecified atom stereocenters. The fourth-order valence-electron chi connectivity index (χ4n) is 3.10. The van der Waals surface area contributed by atoms with Crippen LogP contribution in [0.3, 0.4) is 0 Å². The van der Waals surface area contributed by atoms with E-state index >= 15 is 0 Å². The maximum absolute atomic E-state index is 14.0. The number of aromatic nitrogens is 5. The van der Waals surface area contributed by atoms with Crippen molar-refractivity contribution < 1.29 is 13.9 Å². The van der Waals surface area contributed by atoms with E-state index in [4.69, 9.17) is 15.2 Å². The summed E-state index contributed by atoms with van der Waals surface area (Å²) in [5.74, 6) is 0.634. The van der Waals surface area contributed by atoms with Crippen LogP contribution in [0.4, 0.5) is 10.2 Å². The van der Waals surface area contributed by atoms with Crippen molar-refractivity contribution in [3.8, 4) is 28.4 Å². The zero-order chi connectivity index (χ0) is 21.1. The van der Waals surface area contributed by atoms with Gasteiger partial charge in [0.15, 0.2) is 11.6 Å². The van der Waals surface area contributed by atoms with Crippen molar-refractivity contribution in [3.63, 3.8) is 0 Å². The molecule has 0 saturated heterocycles. The molecule has 3 aromatic heterocycles. The van der Waals surface area contributed by atoms with E-state index in [0.29, 0.717) is 22.9 Å². The molecule has 0 aliphatic heterocycles. The summed E-state index contributed by atoms with van der Waals surface area (Å²) in [4.78, 5) is 9.85. The quantitative estimate of drug-likeness (QED) is 0.522. The van der Waals surface area contributed by atoms with E-state index in [9.17, 15) is 4.39 Å². The van der Waals surface area contributed by atoms with Crippen molar-refractivity contribution in [3.05, 3.63) is 72.6 Å². The van der Waals surface area contributed by atoms with Crippen LogP contribution in [0.5, 0.6) is 11.6 Å². The molecule has 0 spiro atoms. The molecule has 152 valence electrons. The van der Waals surface area contributed by atoms with E-state index in [2.05, 4.69) is 20.2 Å². The van der Waals surface area contributed by atoms with Gasteiger partial charge < -0.3 is 15.2 Å². The number of rotatable bonds is 6. The van der Waals surface area contributed by atoms with Gasteiger partial charge in [-0.3, -0.25) is 0 Å². The largest absolute Gasteiger partial charge is 0.482 e. The molecule has 3 heterocycles. The molecule has 0 fully saturated rings. The summed E-state index contributed by atoms with van der Waals surface area (Å²) in [5, 5.41) is 8.25. The minimum absolute atomic E-state index is 0.212. The van der Waals surface area contributed by atoms with E-state index in [-0.39, 0.29) is 5.82 Å². The molecule has 0 aliphatic rings. The first kappa shape index (κ1) is 19.3. The lowest BCUT2D eigenvalue weighted by Crippen LogP contribution is -2.11. The fraction of sp³-hybridized carbons (Fsp3) is 0.143. The van der Waals surface area contributed by atoms with Gasteiger partial charge in [-0.2, -0.15) is 15.0 Å². The monoisotopic (exact) mass is 406 g/mol. The van der Waals surface area contributed by atoms with Crippen molar-refractivity contribution in [2.24, 2.45) is 0 Å². The van der Waals surface area contributed by atoms with Crippen LogP contribution in [0.2, 0.25) is 0 Å². The Morgan fingerprint density at radius 2 is 1.87 bits per heavy atom. The van der Waals surface area contributed by atoms with Gasteiger partial charge in [-0.1, -0.05) is 0 Å². The number of halogens is 1. The van der Waals surface area contributed by atoms with Gasteiger partial charge in [-0.05, 0) is 43.3 Å². The Bertz CT molecular complexity index is 1170. The predicted octanol–water partition coefficient (Wildman–Crippen LogP) is 3.59. The molecule has 0 bridgehead atoms. The number of benzene rings is 1. The van der Waals surface area contributed by atoms with Gasteiger partial charge in [0.25, 0.3) is 0 Å². The molecule has 8 nitrogen and oxygen atoms in total. The van der Waals surface area contributed by atoms with Crippen molar-refractivity contribution in [2.75, 3.05) is 12.8 Å². The highest BCUT2D eigenvalue weighted by Crippen LogP contribution is 2.34. The third-order valence-electron chi connectivity index (χ3n) is 4.52. The van der Waals surface area contributed by atoms with Gasteiger partial charge in [0.05, 0.1) is 25.2 Å². The normalized spacial score (nSPS) is 11.8. The summed E-state index contributed by atoms with van der Waals surface area (Å²) in [7, 11) is 1.55. The summed E-state index contributed by atoms with van der Waals surface area (Å²) in [5.41, 5.74) is 8.68. The number of hydrogen-bond donors (Lipinski definition) is 1. The molecule has 0 radical (unpaired) electrons. The van der Waals surface area contributed by atoms with E-state index < -0.39 is 11.9 Å². The number of methoxy groups -OCH3 is 1. The summed E-state index contributed by atoms with van der Waals surface area (Å²) in [6.45, 7) is 1.79. The van der Waals surface area contributed by atoms with Crippen molar-refractivity contribution in [1.82, 2.24) is 25.0 Å². The smallest absolute Gasteiger partial charge is 0.221 e. The SMILES string of the molecule is COc1ncccc1-c1cnc(N)c(O[C@H](C)c2cc(F)ccc2-n2nccn2)c1. The second-order valence-corrected chi connectivity index (χ2v) is 6.45. The number of anilines is 1. The van der Waals surface area contributed by atoms with Crippen LogP contribution in [0.25, 0.3) is 16.8 Å². The fourth-order valence-corrected chi connectivity index (χ4v) is 3.10. The summed E-state index contributed by atoms with van der Waals surface area (Å²) in [6, 6.07) is 9.75. The summed E-state index contributed by atoms with van der Waals surface area (Å²) >= 11 is 0. The molecule has 9 heteroatoms. The molecule has 0 saturated carbocycles. The number of nitrogens with two attached hydrogens (primary N) is 1. The molecule has 4 rings (SSSR count). The van der Waals surface area contributed by atoms with E-state index in [0.717, 1.165) is 11.1 Å². The van der Waals surface area contributed by atoms with E-state index in [1.54, 1.807) is 57.0 Å². The standard InChI is InChI=1S/C21H19FN6O2/c1-13(17-11-15(22)5-6-18(17)28-26-8-9-27-28)30-19-10-14(12-25-20(19)23)16-4-3-7-24-21(16)29-2/h3-13H,1-2H3,(H2,23,25)/t13-/m1/s1. The predicted molar refractivity (Wildman–Crippen MR) is 109 cm³/mol. The number of hydrogen-bond acceptors (Lipinski definition) is 7. The number of ether oxygens (including phenoxy) is 2. The maximum atomic E-state index is 14.0. The molecule has 2 N–H and O–H groups in total. The van der Waals surface area contributed by atoms with Crippen LogP contribution < -0.4 is 15.2 Å². The highest BCUT2D eigenvalue weighted by molar-refractivity contribution is 5.71. The molecule has 0 amide bonds. The first-order valence-corrected chi connectivity index (χ1v) is 9.14. The van der Waals surface area contributed by atoms with Gasteiger partial charge in [-0.15, -0.1) is 0 Å². The lowest BCUT2D eigenvalue weighted by molar-refractivity contribution is 0.226. The van der Waals surface area contributed by atoms with Gasteiger partial charge in [0, 0.05) is 29.1 Å². The zero-order valence-corrected chi connectivity index (χ0v) is 16.4. The van der Waals surface area contributed by atoms with Crippen molar-refractivity contribution >= 4 is 5.82 Å². The third kappa shape index (κ3) is 3.77. The van der Waals surface area contributed by atoms with Gasteiger partial charge in [0.1, 0.15) is 11.9 Å². The molecule has 30 heavy (non-hydrogen) atoms. The van der Waals surface area contributed by atoms with Crippen molar-refractivity contribution in [1.29, 1.82) is 0 Å². The lowest BCUT2D eigenvalue weighted by Gasteiger charge is -2.19. The molecular formula is C21H19FN6O2. The second kappa shape index (κ2) is 8.16. The lowest BCUT2D eigenvalue weighted by atomic mass is 10.1. The van der Waals surface area contributed by atoms with E-state index in [1.165, 1.54) is 16.9 Å². The molecule has 4 aromatic rings. The highest BCUT2D eigenvalue weighted by atomic mass is 19.1. The van der Waals surface area contributed by atoms with Crippen LogP contribution in [0.1, 0.15) is 18.6 Å². The van der Waals surface area contributed by atoms with Crippen LogP contribution in [-0.4, -0.2) is 32.1 Å².